The number of halogens is 2. The Balaban J connectivity index is 1.62. The van der Waals surface area contributed by atoms with Gasteiger partial charge in [0.05, 0.1) is 18.9 Å². The van der Waals surface area contributed by atoms with Gasteiger partial charge in [-0.1, -0.05) is 39.7 Å². The molecule has 0 amide bonds. The Kier molecular flexibility index (Phi) is 4.76. The van der Waals surface area contributed by atoms with E-state index in [9.17, 15) is 0 Å². The number of piperidine rings is 1. The molecule has 7 heteroatoms. The highest BCUT2D eigenvalue weighted by Gasteiger charge is 2.52. The first-order valence-corrected chi connectivity index (χ1v) is 11.0. The Hall–Kier alpha value is -1.76. The zero-order valence-corrected chi connectivity index (χ0v) is 18.8. The molecule has 0 saturated carbocycles. The van der Waals surface area contributed by atoms with Crippen LogP contribution in [-0.4, -0.2) is 48.6 Å². The summed E-state index contributed by atoms with van der Waals surface area (Å²) in [5.41, 5.74) is 2.85. The summed E-state index contributed by atoms with van der Waals surface area (Å²) in [5, 5.41) is 8.06. The van der Waals surface area contributed by atoms with E-state index in [1.54, 1.807) is 7.11 Å². The maximum Gasteiger partial charge on any atom is 0.200 e. The lowest BCUT2D eigenvalue weighted by atomic mass is 9.90. The van der Waals surface area contributed by atoms with Crippen molar-refractivity contribution in [2.24, 2.45) is 5.10 Å². The van der Waals surface area contributed by atoms with Crippen LogP contribution in [0, 0.1) is 0 Å². The van der Waals surface area contributed by atoms with Crippen molar-refractivity contribution in [2.75, 3.05) is 27.2 Å². The van der Waals surface area contributed by atoms with Gasteiger partial charge in [0.1, 0.15) is 0 Å². The molecule has 0 aromatic heterocycles. The van der Waals surface area contributed by atoms with Crippen LogP contribution in [0.25, 0.3) is 0 Å². The standard InChI is InChI=1S/C22H23BrClN3O2/c1-26-9-7-22(8-10-26)27-19(13-18(25-27)14-3-5-16(24)6-4-14)17-11-15(23)12-20(28-2)21(17)29-22/h3-6,11-12,19H,7-10,13H2,1-2H3/t19-/m0/s1. The number of hydrazone groups is 1. The normalized spacial score (nSPS) is 22.7. The Bertz CT molecular complexity index is 971. The van der Waals surface area contributed by atoms with Gasteiger partial charge >= 0.3 is 0 Å². The zero-order chi connectivity index (χ0) is 20.2. The van der Waals surface area contributed by atoms with E-state index in [0.717, 1.165) is 70.2 Å². The van der Waals surface area contributed by atoms with E-state index in [2.05, 4.69) is 39.0 Å². The number of hydrogen-bond acceptors (Lipinski definition) is 5. The largest absolute Gasteiger partial charge is 0.493 e. The predicted octanol–water partition coefficient (Wildman–Crippen LogP) is 5.08. The third-order valence-corrected chi connectivity index (χ3v) is 6.90. The highest BCUT2D eigenvalue weighted by Crippen LogP contribution is 2.53. The Morgan fingerprint density at radius 1 is 1.21 bits per heavy atom. The predicted molar refractivity (Wildman–Crippen MR) is 118 cm³/mol. The molecule has 2 aromatic carbocycles. The van der Waals surface area contributed by atoms with Crippen molar-refractivity contribution in [3.63, 3.8) is 0 Å². The molecule has 152 valence electrons. The first-order chi connectivity index (χ1) is 14.0. The van der Waals surface area contributed by atoms with Gasteiger partial charge < -0.3 is 14.4 Å². The third-order valence-electron chi connectivity index (χ3n) is 6.19. The Morgan fingerprint density at radius 2 is 1.93 bits per heavy atom. The maximum atomic E-state index is 6.73. The smallest absolute Gasteiger partial charge is 0.200 e. The molecule has 3 aliphatic heterocycles. The third kappa shape index (κ3) is 3.22. The molecule has 3 heterocycles. The van der Waals surface area contributed by atoms with Crippen molar-refractivity contribution in [1.82, 2.24) is 9.91 Å². The van der Waals surface area contributed by atoms with Crippen molar-refractivity contribution in [1.29, 1.82) is 0 Å². The van der Waals surface area contributed by atoms with E-state index in [1.807, 2.05) is 30.3 Å². The second kappa shape index (κ2) is 7.18. The summed E-state index contributed by atoms with van der Waals surface area (Å²) < 4.78 is 13.4. The average Bonchev–Trinajstić information content (AvgIpc) is 3.18. The summed E-state index contributed by atoms with van der Waals surface area (Å²) in [6, 6.07) is 12.2. The molecule has 5 nitrogen and oxygen atoms in total. The molecular weight excluding hydrogens is 454 g/mol. The van der Waals surface area contributed by atoms with Gasteiger partial charge in [-0.25, -0.2) is 5.01 Å². The van der Waals surface area contributed by atoms with E-state index in [0.29, 0.717) is 0 Å². The van der Waals surface area contributed by atoms with Crippen LogP contribution >= 0.6 is 27.5 Å². The fourth-order valence-electron chi connectivity index (χ4n) is 4.58. The van der Waals surface area contributed by atoms with E-state index < -0.39 is 5.72 Å². The molecule has 0 N–H and O–H groups in total. The molecule has 1 saturated heterocycles. The molecule has 2 aromatic rings. The van der Waals surface area contributed by atoms with Crippen LogP contribution in [0.15, 0.2) is 46.0 Å². The number of rotatable bonds is 2. The minimum absolute atomic E-state index is 0.124. The van der Waals surface area contributed by atoms with Crippen LogP contribution < -0.4 is 9.47 Å². The van der Waals surface area contributed by atoms with Crippen molar-refractivity contribution in [3.05, 3.63) is 57.0 Å². The highest BCUT2D eigenvalue weighted by atomic mass is 79.9. The average molecular weight is 477 g/mol. The van der Waals surface area contributed by atoms with Gasteiger partial charge in [0, 0.05) is 47.4 Å². The van der Waals surface area contributed by atoms with E-state index in [4.69, 9.17) is 26.2 Å². The van der Waals surface area contributed by atoms with E-state index >= 15 is 0 Å². The number of fused-ring (bicyclic) bond motifs is 4. The van der Waals surface area contributed by atoms with Crippen LogP contribution in [0.4, 0.5) is 0 Å². The van der Waals surface area contributed by atoms with Gasteiger partial charge in [-0.15, -0.1) is 0 Å². The SMILES string of the molecule is COc1cc(Br)cc2c1OC1(CCN(C)CC1)N1N=C(c3ccc(Cl)cc3)C[C@@H]21. The fraction of sp³-hybridized carbons (Fsp3) is 0.409. The van der Waals surface area contributed by atoms with Crippen LogP contribution in [0.3, 0.4) is 0 Å². The highest BCUT2D eigenvalue weighted by molar-refractivity contribution is 9.10. The molecule has 0 radical (unpaired) electrons. The summed E-state index contributed by atoms with van der Waals surface area (Å²) in [6.07, 6.45) is 2.63. The lowest BCUT2D eigenvalue weighted by Gasteiger charge is -2.51. The molecule has 0 bridgehead atoms. The number of ether oxygens (including phenoxy) is 2. The molecule has 5 rings (SSSR count). The van der Waals surface area contributed by atoms with Crippen molar-refractivity contribution < 1.29 is 9.47 Å². The summed E-state index contributed by atoms with van der Waals surface area (Å²) in [5.74, 6) is 1.63. The monoisotopic (exact) mass is 475 g/mol. The van der Waals surface area contributed by atoms with Crippen LogP contribution in [0.2, 0.25) is 5.02 Å². The van der Waals surface area contributed by atoms with Crippen LogP contribution in [-0.2, 0) is 0 Å². The molecule has 0 aliphatic carbocycles. The molecule has 29 heavy (non-hydrogen) atoms. The van der Waals surface area contributed by atoms with Gasteiger partial charge in [0.25, 0.3) is 0 Å². The summed E-state index contributed by atoms with van der Waals surface area (Å²) >= 11 is 9.72. The van der Waals surface area contributed by atoms with Gasteiger partial charge in [-0.2, -0.15) is 5.10 Å². The topological polar surface area (TPSA) is 37.3 Å². The Morgan fingerprint density at radius 3 is 2.62 bits per heavy atom. The number of hydrogen-bond donors (Lipinski definition) is 0. The second-order valence-corrected chi connectivity index (χ2v) is 9.35. The lowest BCUT2D eigenvalue weighted by molar-refractivity contribution is -0.148. The minimum Gasteiger partial charge on any atom is -0.493 e. The summed E-state index contributed by atoms with van der Waals surface area (Å²) in [4.78, 5) is 2.35. The van der Waals surface area contributed by atoms with Crippen molar-refractivity contribution in [3.8, 4) is 11.5 Å². The van der Waals surface area contributed by atoms with Crippen LogP contribution in [0.1, 0.15) is 36.4 Å². The summed E-state index contributed by atoms with van der Waals surface area (Å²) in [7, 11) is 3.86. The fourth-order valence-corrected chi connectivity index (χ4v) is 5.16. The van der Waals surface area contributed by atoms with Gasteiger partial charge in [-0.05, 0) is 36.9 Å². The van der Waals surface area contributed by atoms with Gasteiger partial charge in [0.2, 0.25) is 5.72 Å². The van der Waals surface area contributed by atoms with Crippen LogP contribution in [0.5, 0.6) is 11.5 Å². The molecule has 1 atom stereocenters. The first-order valence-electron chi connectivity index (χ1n) is 9.87. The van der Waals surface area contributed by atoms with Gasteiger partial charge in [-0.3, -0.25) is 0 Å². The van der Waals surface area contributed by atoms with E-state index in [1.165, 1.54) is 0 Å². The molecule has 1 fully saturated rings. The minimum atomic E-state index is -0.445. The zero-order valence-electron chi connectivity index (χ0n) is 16.5. The number of benzene rings is 2. The molecular formula is C22H23BrClN3O2. The number of likely N-dealkylation sites (tertiary alicyclic amines) is 1. The molecule has 1 spiro atoms. The first kappa shape index (κ1) is 19.2. The summed E-state index contributed by atoms with van der Waals surface area (Å²) in [6.45, 7) is 1.95. The van der Waals surface area contributed by atoms with E-state index in [-0.39, 0.29) is 6.04 Å². The second-order valence-electron chi connectivity index (χ2n) is 8.00. The lowest BCUT2D eigenvalue weighted by Crippen LogP contribution is -2.58. The van der Waals surface area contributed by atoms with Crippen molar-refractivity contribution in [2.45, 2.75) is 31.0 Å². The number of nitrogens with zero attached hydrogens (tertiary/aromatic N) is 3. The quantitative estimate of drug-likeness (QED) is 0.606. The van der Waals surface area contributed by atoms with Gasteiger partial charge in [0.15, 0.2) is 11.5 Å². The Labute approximate surface area is 184 Å². The molecule has 0 unspecified atom stereocenters. The van der Waals surface area contributed by atoms with Crippen molar-refractivity contribution >= 4 is 33.2 Å². The maximum absolute atomic E-state index is 6.73. The number of methoxy groups -OCH3 is 1. The molecule has 3 aliphatic rings.